The van der Waals surface area contributed by atoms with Crippen molar-refractivity contribution in [1.82, 2.24) is 0 Å². The largest absolute Gasteiger partial charge is 0.0670 e. The third-order valence-electron chi connectivity index (χ3n) is 3.00. The van der Waals surface area contributed by atoms with Gasteiger partial charge in [-0.25, -0.2) is 0 Å². The van der Waals surface area contributed by atoms with Crippen LogP contribution in [0, 0.1) is 5.92 Å². The number of hydrogen-bond donors (Lipinski definition) is 0. The molecule has 0 saturated carbocycles. The molecule has 0 bridgehead atoms. The van der Waals surface area contributed by atoms with Gasteiger partial charge in [0.1, 0.15) is 0 Å². The molecule has 1 aliphatic rings. The van der Waals surface area contributed by atoms with Gasteiger partial charge in [-0.2, -0.15) is 0 Å². The van der Waals surface area contributed by atoms with Crippen molar-refractivity contribution in [3.8, 4) is 0 Å². The van der Waals surface area contributed by atoms with E-state index >= 15 is 0 Å². The van der Waals surface area contributed by atoms with Gasteiger partial charge in [-0.1, -0.05) is 66.8 Å². The fourth-order valence-corrected chi connectivity index (χ4v) is 2.25. The summed E-state index contributed by atoms with van der Waals surface area (Å²) >= 11 is 3.55. The van der Waals surface area contributed by atoms with Crippen LogP contribution < -0.4 is 0 Å². The quantitative estimate of drug-likeness (QED) is 0.593. The summed E-state index contributed by atoms with van der Waals surface area (Å²) < 4.78 is 1.35. The Morgan fingerprint density at radius 2 is 2.07 bits per heavy atom. The Labute approximate surface area is 96.6 Å². The zero-order valence-corrected chi connectivity index (χ0v) is 10.9. The molecule has 0 spiro atoms. The zero-order valence-electron chi connectivity index (χ0n) is 9.35. The Kier molecular flexibility index (Phi) is 5.54. The summed E-state index contributed by atoms with van der Waals surface area (Å²) in [7, 11) is 0. The van der Waals surface area contributed by atoms with Gasteiger partial charge in [-0.05, 0) is 29.7 Å². The van der Waals surface area contributed by atoms with Crippen molar-refractivity contribution in [2.75, 3.05) is 0 Å². The van der Waals surface area contributed by atoms with Crippen molar-refractivity contribution < 1.29 is 0 Å². The highest BCUT2D eigenvalue weighted by Gasteiger charge is 2.11. The van der Waals surface area contributed by atoms with E-state index in [-0.39, 0.29) is 0 Å². The molecular formula is C13H21Br. The highest BCUT2D eigenvalue weighted by Crippen LogP contribution is 2.29. The van der Waals surface area contributed by atoms with Crippen molar-refractivity contribution in [3.05, 3.63) is 22.2 Å². The predicted octanol–water partition coefficient (Wildman–Crippen LogP) is 5.20. The first-order valence-corrected chi connectivity index (χ1v) is 6.58. The number of hydrogen-bond acceptors (Lipinski definition) is 0. The van der Waals surface area contributed by atoms with Crippen LogP contribution in [-0.4, -0.2) is 0 Å². The summed E-state index contributed by atoms with van der Waals surface area (Å²) in [4.78, 5) is 0. The van der Waals surface area contributed by atoms with Crippen molar-refractivity contribution in [3.63, 3.8) is 0 Å². The van der Waals surface area contributed by atoms with E-state index < -0.39 is 0 Å². The lowest BCUT2D eigenvalue weighted by molar-refractivity contribution is 0.538. The number of unbranched alkanes of at least 4 members (excludes halogenated alkanes) is 2. The maximum atomic E-state index is 3.55. The molecule has 1 unspecified atom stereocenters. The minimum atomic E-state index is 0.790. The average Bonchev–Trinajstić information content (AvgIpc) is 2.19. The second-order valence-corrected chi connectivity index (χ2v) is 5.27. The molecule has 0 heterocycles. The maximum absolute atomic E-state index is 3.55. The van der Waals surface area contributed by atoms with Crippen molar-refractivity contribution >= 4 is 15.9 Å². The molecule has 0 aromatic carbocycles. The molecule has 0 aliphatic heterocycles. The Morgan fingerprint density at radius 1 is 1.29 bits per heavy atom. The number of halogens is 1. The molecule has 1 atom stereocenters. The molecule has 80 valence electrons. The average molecular weight is 257 g/mol. The van der Waals surface area contributed by atoms with Gasteiger partial charge in [0.25, 0.3) is 0 Å². The molecule has 0 aromatic rings. The fourth-order valence-electron chi connectivity index (χ4n) is 1.92. The molecule has 0 N–H and O–H groups in total. The van der Waals surface area contributed by atoms with Gasteiger partial charge >= 0.3 is 0 Å². The third kappa shape index (κ3) is 4.00. The van der Waals surface area contributed by atoms with E-state index in [0.717, 1.165) is 5.92 Å². The van der Waals surface area contributed by atoms with E-state index in [1.807, 2.05) is 0 Å². The molecule has 0 amide bonds. The van der Waals surface area contributed by atoms with E-state index in [1.54, 1.807) is 5.57 Å². The van der Waals surface area contributed by atoms with Crippen LogP contribution in [0.1, 0.15) is 52.4 Å². The van der Waals surface area contributed by atoms with Crippen molar-refractivity contribution in [1.29, 1.82) is 0 Å². The second-order valence-electron chi connectivity index (χ2n) is 4.25. The van der Waals surface area contributed by atoms with Crippen LogP contribution in [-0.2, 0) is 0 Å². The van der Waals surface area contributed by atoms with Gasteiger partial charge in [0.2, 0.25) is 0 Å². The summed E-state index contributed by atoms with van der Waals surface area (Å²) in [5.74, 6) is 0.790. The van der Waals surface area contributed by atoms with Gasteiger partial charge in [-0.15, -0.1) is 0 Å². The zero-order chi connectivity index (χ0) is 10.4. The lowest BCUT2D eigenvalue weighted by atomic mass is 9.89. The van der Waals surface area contributed by atoms with E-state index in [0.29, 0.717) is 0 Å². The standard InChI is InChI=1S/C13H21Br/c1-3-4-5-6-11(2)12-7-9-13(14)10-8-12/h7,9,11H,3-6,8,10H2,1-2H3. The second kappa shape index (κ2) is 6.44. The number of allylic oxidation sites excluding steroid dienone is 4. The predicted molar refractivity (Wildman–Crippen MR) is 67.6 cm³/mol. The van der Waals surface area contributed by atoms with Crippen LogP contribution >= 0.6 is 15.9 Å². The molecule has 0 nitrogen and oxygen atoms in total. The van der Waals surface area contributed by atoms with Gasteiger partial charge in [0.15, 0.2) is 0 Å². The monoisotopic (exact) mass is 256 g/mol. The third-order valence-corrected chi connectivity index (χ3v) is 3.67. The molecule has 0 aromatic heterocycles. The minimum absolute atomic E-state index is 0.790. The van der Waals surface area contributed by atoms with Crippen molar-refractivity contribution in [2.24, 2.45) is 5.92 Å². The molecule has 0 saturated heterocycles. The van der Waals surface area contributed by atoms with E-state index in [9.17, 15) is 0 Å². The van der Waals surface area contributed by atoms with Gasteiger partial charge in [0, 0.05) is 0 Å². The highest BCUT2D eigenvalue weighted by molar-refractivity contribution is 9.11. The molecule has 1 aliphatic carbocycles. The van der Waals surface area contributed by atoms with Crippen LogP contribution in [0.5, 0.6) is 0 Å². The molecule has 1 heteroatoms. The van der Waals surface area contributed by atoms with Crippen LogP contribution in [0.4, 0.5) is 0 Å². The SMILES string of the molecule is CCCCCC(C)C1=CC=C(Br)CC1. The Bertz CT molecular complexity index is 225. The van der Waals surface area contributed by atoms with Gasteiger partial charge < -0.3 is 0 Å². The Hall–Kier alpha value is -0.0400. The van der Waals surface area contributed by atoms with Crippen molar-refractivity contribution in [2.45, 2.75) is 52.4 Å². The topological polar surface area (TPSA) is 0 Å². The summed E-state index contributed by atoms with van der Waals surface area (Å²) in [6.07, 6.45) is 12.5. The maximum Gasteiger partial charge on any atom is -0.00462 e. The first-order chi connectivity index (χ1) is 6.74. The lowest BCUT2D eigenvalue weighted by Crippen LogP contribution is -2.02. The molecule has 0 radical (unpaired) electrons. The lowest BCUT2D eigenvalue weighted by Gasteiger charge is -2.18. The first kappa shape index (κ1) is 12.0. The summed E-state index contributed by atoms with van der Waals surface area (Å²) in [6.45, 7) is 4.64. The minimum Gasteiger partial charge on any atom is -0.0670 e. The molecular weight excluding hydrogens is 236 g/mol. The van der Waals surface area contributed by atoms with E-state index in [2.05, 4.69) is 41.9 Å². The van der Waals surface area contributed by atoms with Crippen LogP contribution in [0.3, 0.4) is 0 Å². The fraction of sp³-hybridized carbons (Fsp3) is 0.692. The van der Waals surface area contributed by atoms with E-state index in [4.69, 9.17) is 0 Å². The van der Waals surface area contributed by atoms with Crippen LogP contribution in [0.15, 0.2) is 22.2 Å². The summed E-state index contributed by atoms with van der Waals surface area (Å²) in [5, 5.41) is 0. The summed E-state index contributed by atoms with van der Waals surface area (Å²) in [5.41, 5.74) is 1.64. The molecule has 14 heavy (non-hydrogen) atoms. The van der Waals surface area contributed by atoms with Crippen LogP contribution in [0.2, 0.25) is 0 Å². The van der Waals surface area contributed by atoms with Gasteiger partial charge in [-0.3, -0.25) is 0 Å². The first-order valence-electron chi connectivity index (χ1n) is 5.79. The highest BCUT2D eigenvalue weighted by atomic mass is 79.9. The van der Waals surface area contributed by atoms with Crippen LogP contribution in [0.25, 0.3) is 0 Å². The van der Waals surface area contributed by atoms with Gasteiger partial charge in [0.05, 0.1) is 0 Å². The Morgan fingerprint density at radius 3 is 2.64 bits per heavy atom. The summed E-state index contributed by atoms with van der Waals surface area (Å²) in [6, 6.07) is 0. The number of rotatable bonds is 5. The Balaban J connectivity index is 2.33. The normalized spacial score (nSPS) is 18.8. The smallest absolute Gasteiger partial charge is 0.00462 e. The molecule has 1 rings (SSSR count). The van der Waals surface area contributed by atoms with E-state index in [1.165, 1.54) is 43.0 Å². The molecule has 0 fully saturated rings.